The van der Waals surface area contributed by atoms with Crippen molar-refractivity contribution >= 4 is 64.9 Å². The normalized spacial score (nSPS) is 11.7. The lowest BCUT2D eigenvalue weighted by atomic mass is 9.84. The fourth-order valence-corrected chi connectivity index (χ4v) is 9.29. The maximum atomic E-state index is 5.09. The van der Waals surface area contributed by atoms with Crippen LogP contribution in [0.25, 0.3) is 115 Å². The van der Waals surface area contributed by atoms with E-state index in [4.69, 9.17) is 4.98 Å². The van der Waals surface area contributed by atoms with Gasteiger partial charge in [-0.05, 0) is 126 Å². The molecule has 274 valence electrons. The van der Waals surface area contributed by atoms with Crippen LogP contribution < -0.4 is 0 Å². The Morgan fingerprint density at radius 3 is 1.58 bits per heavy atom. The Hall–Kier alpha value is -7.88. The Balaban J connectivity index is 1.02. The van der Waals surface area contributed by atoms with E-state index in [9.17, 15) is 0 Å². The number of nitrogens with zero attached hydrogens (tertiary/aromatic N) is 3. The second kappa shape index (κ2) is 13.4. The van der Waals surface area contributed by atoms with Crippen LogP contribution in [0.1, 0.15) is 0 Å². The molecule has 9 aromatic carbocycles. The second-order valence-electron chi connectivity index (χ2n) is 15.4. The first kappa shape index (κ1) is 33.3. The summed E-state index contributed by atoms with van der Waals surface area (Å²) in [5.74, 6) is 0. The molecule has 0 unspecified atom stereocenters. The van der Waals surface area contributed by atoms with Gasteiger partial charge in [-0.1, -0.05) is 140 Å². The summed E-state index contributed by atoms with van der Waals surface area (Å²) in [6.07, 6.45) is 5.86. The lowest BCUT2D eigenvalue weighted by Crippen LogP contribution is -1.93. The van der Waals surface area contributed by atoms with Crippen molar-refractivity contribution in [2.75, 3.05) is 0 Å². The van der Waals surface area contributed by atoms with Crippen LogP contribution >= 0.6 is 0 Å². The zero-order chi connectivity index (χ0) is 38.9. The van der Waals surface area contributed by atoms with Crippen LogP contribution in [0.4, 0.5) is 0 Å². The predicted molar refractivity (Wildman–Crippen MR) is 248 cm³/mol. The summed E-state index contributed by atoms with van der Waals surface area (Å²) >= 11 is 0. The average Bonchev–Trinajstić information content (AvgIpc) is 3.64. The molecule has 12 aromatic rings. The molecule has 3 aromatic heterocycles. The van der Waals surface area contributed by atoms with Crippen molar-refractivity contribution < 1.29 is 0 Å². The van der Waals surface area contributed by atoms with Gasteiger partial charge < -0.3 is 4.57 Å². The predicted octanol–water partition coefficient (Wildman–Crippen LogP) is 14.9. The van der Waals surface area contributed by atoms with Crippen LogP contribution in [0, 0.1) is 0 Å². The number of fused-ring (bicyclic) bond motifs is 7. The van der Waals surface area contributed by atoms with Crippen molar-refractivity contribution in [3.05, 3.63) is 213 Å². The monoisotopic (exact) mass is 749 g/mol. The summed E-state index contributed by atoms with van der Waals surface area (Å²) < 4.78 is 2.31. The maximum absolute atomic E-state index is 5.09. The highest BCUT2D eigenvalue weighted by atomic mass is 15.0. The Labute approximate surface area is 341 Å². The molecule has 0 amide bonds. The SMILES string of the molecule is c1ccc(-n2c3ccncc3c3cc(-c4ccc(-c5ccc6c(-c7ccc8ccccc8c7)c7ccccc7c(-c7ccc8ccccc8c7)c6c5)cn4)ccc32)cc1. The number of benzene rings is 9. The fourth-order valence-electron chi connectivity index (χ4n) is 9.29. The number of aromatic nitrogens is 3. The van der Waals surface area contributed by atoms with E-state index < -0.39 is 0 Å². The van der Waals surface area contributed by atoms with Gasteiger partial charge in [0.1, 0.15) is 0 Å². The molecule has 0 aliphatic rings. The summed E-state index contributed by atoms with van der Waals surface area (Å²) in [5, 5.41) is 12.2. The summed E-state index contributed by atoms with van der Waals surface area (Å²) in [6.45, 7) is 0. The zero-order valence-corrected chi connectivity index (χ0v) is 32.0. The Kier molecular flexibility index (Phi) is 7.54. The van der Waals surface area contributed by atoms with Crippen molar-refractivity contribution in [2.45, 2.75) is 0 Å². The molecule has 59 heavy (non-hydrogen) atoms. The molecule has 0 fully saturated rings. The third kappa shape index (κ3) is 5.44. The molecule has 12 rings (SSSR count). The second-order valence-corrected chi connectivity index (χ2v) is 15.4. The van der Waals surface area contributed by atoms with Crippen molar-refractivity contribution in [3.63, 3.8) is 0 Å². The van der Waals surface area contributed by atoms with Gasteiger partial charge in [0, 0.05) is 46.2 Å². The smallest absolute Gasteiger partial charge is 0.0702 e. The van der Waals surface area contributed by atoms with Crippen LogP contribution in [0.3, 0.4) is 0 Å². The summed E-state index contributed by atoms with van der Waals surface area (Å²) in [5.41, 5.74) is 12.5. The highest BCUT2D eigenvalue weighted by Gasteiger charge is 2.19. The van der Waals surface area contributed by atoms with Gasteiger partial charge in [-0.15, -0.1) is 0 Å². The third-order valence-electron chi connectivity index (χ3n) is 12.1. The molecule has 0 aliphatic heterocycles. The topological polar surface area (TPSA) is 30.7 Å². The number of rotatable bonds is 5. The molecule has 0 N–H and O–H groups in total. The van der Waals surface area contributed by atoms with E-state index in [1.54, 1.807) is 0 Å². The first-order valence-electron chi connectivity index (χ1n) is 20.1. The van der Waals surface area contributed by atoms with E-state index in [0.717, 1.165) is 49.9 Å². The molecule has 0 bridgehead atoms. The molecule has 0 spiro atoms. The molecule has 0 saturated heterocycles. The number of pyridine rings is 2. The van der Waals surface area contributed by atoms with Crippen molar-refractivity contribution in [1.29, 1.82) is 0 Å². The minimum Gasteiger partial charge on any atom is -0.309 e. The van der Waals surface area contributed by atoms with Crippen LogP contribution in [-0.2, 0) is 0 Å². The highest BCUT2D eigenvalue weighted by Crippen LogP contribution is 2.46. The molecular formula is C56H35N3. The van der Waals surface area contributed by atoms with Crippen LogP contribution in [-0.4, -0.2) is 14.5 Å². The number of para-hydroxylation sites is 1. The number of hydrogen-bond donors (Lipinski definition) is 0. The van der Waals surface area contributed by atoms with Crippen LogP contribution in [0.5, 0.6) is 0 Å². The maximum Gasteiger partial charge on any atom is 0.0702 e. The van der Waals surface area contributed by atoms with Gasteiger partial charge in [-0.2, -0.15) is 0 Å². The summed E-state index contributed by atoms with van der Waals surface area (Å²) in [4.78, 5) is 9.59. The molecule has 0 aliphatic carbocycles. The molecule has 3 heterocycles. The first-order valence-corrected chi connectivity index (χ1v) is 20.1. The summed E-state index contributed by atoms with van der Waals surface area (Å²) in [7, 11) is 0. The van der Waals surface area contributed by atoms with E-state index in [1.807, 2.05) is 18.6 Å². The molecule has 0 saturated carbocycles. The molecule has 0 atom stereocenters. The van der Waals surface area contributed by atoms with Gasteiger partial charge in [0.2, 0.25) is 0 Å². The molecule has 3 nitrogen and oxygen atoms in total. The van der Waals surface area contributed by atoms with E-state index in [-0.39, 0.29) is 0 Å². The van der Waals surface area contributed by atoms with Gasteiger partial charge in [0.05, 0.1) is 16.7 Å². The lowest BCUT2D eigenvalue weighted by Gasteiger charge is -2.19. The largest absolute Gasteiger partial charge is 0.309 e. The fraction of sp³-hybridized carbons (Fsp3) is 0. The molecule has 0 radical (unpaired) electrons. The lowest BCUT2D eigenvalue weighted by molar-refractivity contribution is 1.17. The molecule has 3 heteroatoms. The first-order chi connectivity index (χ1) is 29.2. The zero-order valence-electron chi connectivity index (χ0n) is 32.0. The van der Waals surface area contributed by atoms with Gasteiger partial charge in [-0.3, -0.25) is 9.97 Å². The van der Waals surface area contributed by atoms with E-state index in [1.165, 1.54) is 65.3 Å². The van der Waals surface area contributed by atoms with Gasteiger partial charge in [0.15, 0.2) is 0 Å². The van der Waals surface area contributed by atoms with E-state index in [0.29, 0.717) is 0 Å². The van der Waals surface area contributed by atoms with Crippen LogP contribution in [0.2, 0.25) is 0 Å². The Morgan fingerprint density at radius 2 is 0.881 bits per heavy atom. The van der Waals surface area contributed by atoms with Crippen LogP contribution in [0.15, 0.2) is 213 Å². The third-order valence-corrected chi connectivity index (χ3v) is 12.1. The quantitative estimate of drug-likeness (QED) is 0.164. The van der Waals surface area contributed by atoms with Gasteiger partial charge >= 0.3 is 0 Å². The van der Waals surface area contributed by atoms with Gasteiger partial charge in [-0.25, -0.2) is 0 Å². The molecular weight excluding hydrogens is 715 g/mol. The highest BCUT2D eigenvalue weighted by molar-refractivity contribution is 6.22. The Morgan fingerprint density at radius 1 is 0.322 bits per heavy atom. The average molecular weight is 750 g/mol. The van der Waals surface area contributed by atoms with E-state index >= 15 is 0 Å². The minimum absolute atomic E-state index is 0.933. The minimum atomic E-state index is 0.933. The summed E-state index contributed by atoms with van der Waals surface area (Å²) in [6, 6.07) is 70.5. The van der Waals surface area contributed by atoms with E-state index in [2.05, 4.69) is 204 Å². The van der Waals surface area contributed by atoms with Crippen molar-refractivity contribution in [2.24, 2.45) is 0 Å². The van der Waals surface area contributed by atoms with Crippen molar-refractivity contribution in [3.8, 4) is 50.3 Å². The van der Waals surface area contributed by atoms with Gasteiger partial charge in [0.25, 0.3) is 0 Å². The standard InChI is InChI=1S/C56H35N3/c1-2-14-45(15-3-1)59-53-27-24-41(33-49(53)51-35-57-29-28-54(51)59)52-26-23-44(34-58-52)40-22-25-48-50(32-40)56(43-21-19-37-11-5-7-13-39(37)31-43)47-17-9-8-16-46(47)55(48)42-20-18-36-10-4-6-12-38(36)30-42/h1-35H. The number of hydrogen-bond acceptors (Lipinski definition) is 2. The Bertz CT molecular complexity index is 3600. The van der Waals surface area contributed by atoms with Crippen molar-refractivity contribution in [1.82, 2.24) is 14.5 Å².